The van der Waals surface area contributed by atoms with Crippen molar-refractivity contribution in [1.82, 2.24) is 4.98 Å². The van der Waals surface area contributed by atoms with Gasteiger partial charge in [-0.3, -0.25) is 9.00 Å². The number of rotatable bonds is 7. The second kappa shape index (κ2) is 7.94. The third kappa shape index (κ3) is 4.84. The van der Waals surface area contributed by atoms with Crippen molar-refractivity contribution in [3.8, 4) is 5.75 Å². The van der Waals surface area contributed by atoms with Gasteiger partial charge in [-0.2, -0.15) is 0 Å². The van der Waals surface area contributed by atoms with Gasteiger partial charge in [-0.05, 0) is 18.9 Å². The van der Waals surface area contributed by atoms with Crippen molar-refractivity contribution in [2.24, 2.45) is 0 Å². The molecule has 0 saturated heterocycles. The van der Waals surface area contributed by atoms with Crippen molar-refractivity contribution in [3.05, 3.63) is 63.6 Å². The van der Waals surface area contributed by atoms with E-state index >= 15 is 0 Å². The fourth-order valence-corrected chi connectivity index (χ4v) is 3.18. The van der Waals surface area contributed by atoms with Crippen LogP contribution in [0.25, 0.3) is 0 Å². The molecule has 1 aromatic heterocycles. The van der Waals surface area contributed by atoms with E-state index in [1.807, 2.05) is 38.1 Å². The molecule has 1 aromatic carbocycles. The molecule has 5 heteroatoms. The quantitative estimate of drug-likeness (QED) is 0.853. The Kier molecular flexibility index (Phi) is 5.95. The van der Waals surface area contributed by atoms with Crippen LogP contribution in [0.2, 0.25) is 0 Å². The highest BCUT2D eigenvalue weighted by atomic mass is 32.2. The number of aryl methyl sites for hydroxylation is 1. The number of aromatic amines is 1. The molecule has 2 rings (SSSR count). The van der Waals surface area contributed by atoms with E-state index in [0.717, 1.165) is 12.0 Å². The molecule has 0 aliphatic heterocycles. The number of hydrogen-bond acceptors (Lipinski definition) is 3. The Hall–Kier alpha value is -1.88. The van der Waals surface area contributed by atoms with E-state index in [1.165, 1.54) is 11.6 Å². The van der Waals surface area contributed by atoms with Crippen LogP contribution in [0.1, 0.15) is 30.2 Å². The first-order valence-corrected chi connectivity index (χ1v) is 8.82. The molecule has 0 amide bonds. The van der Waals surface area contributed by atoms with E-state index in [-0.39, 0.29) is 5.43 Å². The van der Waals surface area contributed by atoms with E-state index in [0.29, 0.717) is 29.6 Å². The topological polar surface area (TPSA) is 59.2 Å². The molecular formula is C17H21NO3S. The first kappa shape index (κ1) is 16.5. The average Bonchev–Trinajstić information content (AvgIpc) is 2.49. The minimum atomic E-state index is -1.06. The van der Waals surface area contributed by atoms with Gasteiger partial charge in [0.05, 0.1) is 12.4 Å². The summed E-state index contributed by atoms with van der Waals surface area (Å²) in [5, 5.41) is 0. The van der Waals surface area contributed by atoms with Crippen molar-refractivity contribution in [1.29, 1.82) is 0 Å². The Labute approximate surface area is 133 Å². The summed E-state index contributed by atoms with van der Waals surface area (Å²) < 4.78 is 17.5. The van der Waals surface area contributed by atoms with E-state index < -0.39 is 10.8 Å². The molecule has 0 bridgehead atoms. The summed E-state index contributed by atoms with van der Waals surface area (Å²) in [6.07, 6.45) is 2.40. The van der Waals surface area contributed by atoms with Gasteiger partial charge in [0.1, 0.15) is 0 Å². The monoisotopic (exact) mass is 319 g/mol. The van der Waals surface area contributed by atoms with Gasteiger partial charge in [0.15, 0.2) is 5.75 Å². The van der Waals surface area contributed by atoms with Crippen LogP contribution in [-0.4, -0.2) is 15.8 Å². The predicted octanol–water partition coefficient (Wildman–Crippen LogP) is 2.92. The number of ether oxygens (including phenoxy) is 1. The maximum atomic E-state index is 12.2. The lowest BCUT2D eigenvalue weighted by molar-refractivity contribution is 0.313. The molecule has 0 radical (unpaired) electrons. The van der Waals surface area contributed by atoms with Crippen LogP contribution in [0.5, 0.6) is 5.75 Å². The van der Waals surface area contributed by atoms with Gasteiger partial charge in [0.25, 0.3) is 0 Å². The number of nitrogens with one attached hydrogen (secondary N) is 1. The summed E-state index contributed by atoms with van der Waals surface area (Å²) in [7, 11) is -1.06. The van der Waals surface area contributed by atoms with E-state index in [9.17, 15) is 9.00 Å². The zero-order valence-corrected chi connectivity index (χ0v) is 13.7. The Balaban J connectivity index is 1.98. The lowest BCUT2D eigenvalue weighted by Gasteiger charge is -2.06. The van der Waals surface area contributed by atoms with Crippen molar-refractivity contribution in [2.45, 2.75) is 31.8 Å². The van der Waals surface area contributed by atoms with Crippen LogP contribution < -0.4 is 10.2 Å². The average molecular weight is 319 g/mol. The van der Waals surface area contributed by atoms with E-state index in [1.54, 1.807) is 6.20 Å². The van der Waals surface area contributed by atoms with Gasteiger partial charge in [-0.1, -0.05) is 36.8 Å². The van der Waals surface area contributed by atoms with Crippen LogP contribution in [0, 0.1) is 6.92 Å². The van der Waals surface area contributed by atoms with Crippen molar-refractivity contribution >= 4 is 10.8 Å². The fraction of sp³-hybridized carbons (Fsp3) is 0.353. The highest BCUT2D eigenvalue weighted by molar-refractivity contribution is 7.83. The number of hydrogen-bond donors (Lipinski definition) is 1. The fourth-order valence-electron chi connectivity index (χ4n) is 2.00. The smallest absolute Gasteiger partial charge is 0.223 e. The molecule has 0 spiro atoms. The third-order valence-corrected chi connectivity index (χ3v) is 4.45. The molecule has 1 heterocycles. The summed E-state index contributed by atoms with van der Waals surface area (Å²) >= 11 is 0. The number of aromatic nitrogens is 1. The molecule has 0 aliphatic carbocycles. The van der Waals surface area contributed by atoms with Crippen molar-refractivity contribution < 1.29 is 8.95 Å². The summed E-state index contributed by atoms with van der Waals surface area (Å²) in [4.78, 5) is 14.9. The highest BCUT2D eigenvalue weighted by Crippen LogP contribution is 2.10. The van der Waals surface area contributed by atoms with E-state index in [2.05, 4.69) is 4.98 Å². The SMILES string of the molecule is CCCOc1c[nH]c(CS(=O)Cc2ccc(C)cc2)cc1=O. The van der Waals surface area contributed by atoms with Crippen molar-refractivity contribution in [3.63, 3.8) is 0 Å². The van der Waals surface area contributed by atoms with Crippen molar-refractivity contribution in [2.75, 3.05) is 6.61 Å². The van der Waals surface area contributed by atoms with Crippen LogP contribution >= 0.6 is 0 Å². The molecule has 2 aromatic rings. The highest BCUT2D eigenvalue weighted by Gasteiger charge is 2.07. The van der Waals surface area contributed by atoms with Gasteiger partial charge in [-0.25, -0.2) is 0 Å². The summed E-state index contributed by atoms with van der Waals surface area (Å²) in [6, 6.07) is 9.45. The molecular weight excluding hydrogens is 298 g/mol. The number of benzene rings is 1. The van der Waals surface area contributed by atoms with Gasteiger partial charge >= 0.3 is 0 Å². The Morgan fingerprint density at radius 1 is 1.18 bits per heavy atom. The van der Waals surface area contributed by atoms with Gasteiger partial charge in [0, 0.05) is 34.5 Å². The molecule has 1 atom stereocenters. The van der Waals surface area contributed by atoms with E-state index in [4.69, 9.17) is 4.74 Å². The zero-order chi connectivity index (χ0) is 15.9. The van der Waals surface area contributed by atoms with Gasteiger partial charge in [-0.15, -0.1) is 0 Å². The number of pyridine rings is 1. The number of H-pyrrole nitrogens is 1. The standard InChI is InChI=1S/C17H21NO3S/c1-3-8-21-17-10-18-15(9-16(17)19)12-22(20)11-14-6-4-13(2)5-7-14/h4-7,9-10H,3,8,11-12H2,1-2H3,(H,18,19). The van der Waals surface area contributed by atoms with Crippen LogP contribution in [0.4, 0.5) is 0 Å². The normalized spacial score (nSPS) is 12.1. The summed E-state index contributed by atoms with van der Waals surface area (Å²) in [6.45, 7) is 4.52. The third-order valence-electron chi connectivity index (χ3n) is 3.16. The Morgan fingerprint density at radius 3 is 2.55 bits per heavy atom. The Bertz CT molecular complexity index is 692. The molecule has 1 N–H and O–H groups in total. The zero-order valence-electron chi connectivity index (χ0n) is 12.9. The van der Waals surface area contributed by atoms with Crippen LogP contribution in [-0.2, 0) is 22.3 Å². The maximum absolute atomic E-state index is 12.2. The molecule has 22 heavy (non-hydrogen) atoms. The lowest BCUT2D eigenvalue weighted by Crippen LogP contribution is -2.11. The molecule has 0 aliphatic rings. The molecule has 0 saturated carbocycles. The first-order valence-electron chi connectivity index (χ1n) is 7.33. The molecule has 118 valence electrons. The summed E-state index contributed by atoms with van der Waals surface area (Å²) in [5.41, 5.74) is 2.71. The van der Waals surface area contributed by atoms with Crippen LogP contribution in [0.3, 0.4) is 0 Å². The van der Waals surface area contributed by atoms with Gasteiger partial charge in [0.2, 0.25) is 5.43 Å². The molecule has 0 fully saturated rings. The summed E-state index contributed by atoms with van der Waals surface area (Å²) in [5.74, 6) is 1.13. The van der Waals surface area contributed by atoms with Crippen LogP contribution in [0.15, 0.2) is 41.3 Å². The minimum absolute atomic E-state index is 0.172. The molecule has 1 unspecified atom stereocenters. The predicted molar refractivity (Wildman–Crippen MR) is 89.6 cm³/mol. The second-order valence-electron chi connectivity index (χ2n) is 5.25. The lowest BCUT2D eigenvalue weighted by atomic mass is 10.2. The maximum Gasteiger partial charge on any atom is 0.223 e. The Morgan fingerprint density at radius 2 is 1.91 bits per heavy atom. The second-order valence-corrected chi connectivity index (χ2v) is 6.71. The minimum Gasteiger partial charge on any atom is -0.488 e. The molecule has 4 nitrogen and oxygen atoms in total. The van der Waals surface area contributed by atoms with Gasteiger partial charge < -0.3 is 9.72 Å². The first-order chi connectivity index (χ1) is 10.6. The largest absolute Gasteiger partial charge is 0.488 e.